The van der Waals surface area contributed by atoms with Crippen LogP contribution in [0.2, 0.25) is 0 Å². The SMILES string of the molecule is CC1=C(C)C2C(CCC3C4C(C)=C(C)C(C)=C(C)[C@H]4[C@@H](C)C3C)C(C)[C@@H](C)C2C(C)=C1C. The number of rotatable bonds is 3. The minimum absolute atomic E-state index is 0.776. The highest BCUT2D eigenvalue weighted by Gasteiger charge is 2.52. The molecule has 0 heteroatoms. The highest BCUT2D eigenvalue weighted by atomic mass is 14.6. The maximum Gasteiger partial charge on any atom is -0.0101 e. The molecule has 4 aliphatic carbocycles. The lowest BCUT2D eigenvalue weighted by molar-refractivity contribution is 0.237. The van der Waals surface area contributed by atoms with Gasteiger partial charge in [-0.1, -0.05) is 50.0 Å². The maximum atomic E-state index is 2.58. The minimum atomic E-state index is 0.776. The van der Waals surface area contributed by atoms with Crippen molar-refractivity contribution in [2.75, 3.05) is 0 Å². The molecule has 0 aromatic carbocycles. The van der Waals surface area contributed by atoms with E-state index in [4.69, 9.17) is 0 Å². The minimum Gasteiger partial charge on any atom is -0.0661 e. The largest absolute Gasteiger partial charge is 0.0661 e. The first kappa shape index (κ1) is 24.1. The van der Waals surface area contributed by atoms with Crippen LogP contribution in [0, 0.1) is 59.2 Å². The Morgan fingerprint density at radius 2 is 0.625 bits per heavy atom. The van der Waals surface area contributed by atoms with Crippen LogP contribution in [0.4, 0.5) is 0 Å². The van der Waals surface area contributed by atoms with Crippen molar-refractivity contribution >= 4 is 0 Å². The van der Waals surface area contributed by atoms with E-state index in [0.29, 0.717) is 0 Å². The first-order chi connectivity index (χ1) is 14.9. The van der Waals surface area contributed by atoms with Crippen molar-refractivity contribution in [3.63, 3.8) is 0 Å². The van der Waals surface area contributed by atoms with E-state index in [-0.39, 0.29) is 0 Å². The van der Waals surface area contributed by atoms with Crippen LogP contribution < -0.4 is 0 Å². The molecule has 32 heavy (non-hydrogen) atoms. The molecule has 4 rings (SSSR count). The summed E-state index contributed by atoms with van der Waals surface area (Å²) in [4.78, 5) is 0. The first-order valence-corrected chi connectivity index (χ1v) is 13.6. The summed E-state index contributed by atoms with van der Waals surface area (Å²) in [5, 5.41) is 0. The fourth-order valence-corrected chi connectivity index (χ4v) is 9.24. The molecular formula is C32H50. The van der Waals surface area contributed by atoms with Gasteiger partial charge in [0.1, 0.15) is 0 Å². The Labute approximate surface area is 199 Å². The molecule has 0 radical (unpaired) electrons. The van der Waals surface area contributed by atoms with E-state index in [1.54, 1.807) is 44.6 Å². The second kappa shape index (κ2) is 8.32. The molecular weight excluding hydrogens is 384 g/mol. The Bertz CT molecular complexity index is 842. The van der Waals surface area contributed by atoms with Gasteiger partial charge in [0.25, 0.3) is 0 Å². The molecule has 0 aliphatic heterocycles. The van der Waals surface area contributed by atoms with Crippen molar-refractivity contribution < 1.29 is 0 Å². The van der Waals surface area contributed by atoms with Gasteiger partial charge >= 0.3 is 0 Å². The monoisotopic (exact) mass is 434 g/mol. The van der Waals surface area contributed by atoms with E-state index in [1.165, 1.54) is 12.8 Å². The normalized spacial score (nSPS) is 44.6. The molecule has 2 saturated carbocycles. The third kappa shape index (κ3) is 3.21. The summed E-state index contributed by atoms with van der Waals surface area (Å²) in [6.07, 6.45) is 2.84. The highest BCUT2D eigenvalue weighted by molar-refractivity contribution is 5.45. The molecule has 0 aromatic heterocycles. The van der Waals surface area contributed by atoms with Gasteiger partial charge in [0.2, 0.25) is 0 Å². The molecule has 10 atom stereocenters. The topological polar surface area (TPSA) is 0 Å². The van der Waals surface area contributed by atoms with E-state index >= 15 is 0 Å². The molecule has 0 amide bonds. The van der Waals surface area contributed by atoms with Gasteiger partial charge < -0.3 is 0 Å². The second-order valence-corrected chi connectivity index (χ2v) is 12.7. The number of hydrogen-bond donors (Lipinski definition) is 0. The molecule has 0 aromatic rings. The average Bonchev–Trinajstić information content (AvgIpc) is 3.16. The van der Waals surface area contributed by atoms with E-state index < -0.39 is 0 Å². The van der Waals surface area contributed by atoms with Crippen molar-refractivity contribution in [2.24, 2.45) is 59.2 Å². The zero-order valence-electron chi connectivity index (χ0n) is 23.2. The van der Waals surface area contributed by atoms with Crippen LogP contribution in [-0.2, 0) is 0 Å². The van der Waals surface area contributed by atoms with Crippen LogP contribution in [0.5, 0.6) is 0 Å². The molecule has 0 N–H and O–H groups in total. The fraction of sp³-hybridized carbons (Fsp3) is 0.750. The fourth-order valence-electron chi connectivity index (χ4n) is 9.24. The summed E-state index contributed by atoms with van der Waals surface area (Å²) < 4.78 is 0. The van der Waals surface area contributed by atoms with Crippen LogP contribution in [0.3, 0.4) is 0 Å². The average molecular weight is 435 g/mol. The molecule has 4 aliphatic rings. The van der Waals surface area contributed by atoms with Gasteiger partial charge in [-0.05, 0) is 150 Å². The van der Waals surface area contributed by atoms with E-state index in [2.05, 4.69) is 83.1 Å². The van der Waals surface area contributed by atoms with Gasteiger partial charge in [0.15, 0.2) is 0 Å². The Hall–Kier alpha value is -1.04. The van der Waals surface area contributed by atoms with Crippen LogP contribution >= 0.6 is 0 Å². The van der Waals surface area contributed by atoms with Crippen LogP contribution in [0.25, 0.3) is 0 Å². The van der Waals surface area contributed by atoms with Crippen molar-refractivity contribution in [3.8, 4) is 0 Å². The van der Waals surface area contributed by atoms with E-state index in [0.717, 1.165) is 59.2 Å². The molecule has 0 saturated heterocycles. The predicted molar refractivity (Wildman–Crippen MR) is 140 cm³/mol. The summed E-state index contributed by atoms with van der Waals surface area (Å²) in [5.41, 5.74) is 13.2. The second-order valence-electron chi connectivity index (χ2n) is 12.7. The Kier molecular flexibility index (Phi) is 6.26. The van der Waals surface area contributed by atoms with Crippen molar-refractivity contribution in [3.05, 3.63) is 44.6 Å². The van der Waals surface area contributed by atoms with Crippen LogP contribution in [0.1, 0.15) is 95.9 Å². The van der Waals surface area contributed by atoms with Crippen molar-refractivity contribution in [1.29, 1.82) is 0 Å². The summed E-state index contributed by atoms with van der Waals surface area (Å²) in [5.74, 6) is 8.08. The molecule has 7 unspecified atom stereocenters. The number of fused-ring (bicyclic) bond motifs is 2. The zero-order valence-corrected chi connectivity index (χ0v) is 23.2. The summed E-state index contributed by atoms with van der Waals surface area (Å²) in [6, 6.07) is 0. The van der Waals surface area contributed by atoms with E-state index in [9.17, 15) is 0 Å². The van der Waals surface area contributed by atoms with Gasteiger partial charge in [-0.2, -0.15) is 0 Å². The van der Waals surface area contributed by atoms with Gasteiger partial charge in [0.05, 0.1) is 0 Å². The third-order valence-electron chi connectivity index (χ3n) is 12.2. The number of allylic oxidation sites excluding steroid dienone is 8. The van der Waals surface area contributed by atoms with Crippen molar-refractivity contribution in [1.82, 2.24) is 0 Å². The lowest BCUT2D eigenvalue weighted by Crippen LogP contribution is -2.27. The zero-order chi connectivity index (χ0) is 23.8. The predicted octanol–water partition coefficient (Wildman–Crippen LogP) is 9.41. The molecule has 0 heterocycles. The molecule has 2 fully saturated rings. The van der Waals surface area contributed by atoms with Crippen LogP contribution in [0.15, 0.2) is 44.6 Å². The molecule has 0 spiro atoms. The van der Waals surface area contributed by atoms with Crippen molar-refractivity contribution in [2.45, 2.75) is 95.9 Å². The van der Waals surface area contributed by atoms with Gasteiger partial charge in [-0.25, -0.2) is 0 Å². The van der Waals surface area contributed by atoms with Gasteiger partial charge in [0, 0.05) is 0 Å². The lowest BCUT2D eigenvalue weighted by Gasteiger charge is -2.37. The quantitative estimate of drug-likeness (QED) is 0.415. The number of hydrogen-bond acceptors (Lipinski definition) is 0. The molecule has 178 valence electrons. The third-order valence-corrected chi connectivity index (χ3v) is 12.2. The summed E-state index contributed by atoms with van der Waals surface area (Å²) >= 11 is 0. The van der Waals surface area contributed by atoms with Gasteiger partial charge in [-0.3, -0.25) is 0 Å². The maximum absolute atomic E-state index is 2.58. The molecule has 0 bridgehead atoms. The smallest absolute Gasteiger partial charge is 0.0101 e. The summed E-state index contributed by atoms with van der Waals surface area (Å²) in [6.45, 7) is 29.6. The Morgan fingerprint density at radius 1 is 0.375 bits per heavy atom. The Morgan fingerprint density at radius 3 is 0.906 bits per heavy atom. The first-order valence-electron chi connectivity index (χ1n) is 13.6. The Balaban J connectivity index is 1.61. The van der Waals surface area contributed by atoms with E-state index in [1.807, 2.05) is 0 Å². The van der Waals surface area contributed by atoms with Crippen LogP contribution in [-0.4, -0.2) is 0 Å². The lowest BCUT2D eigenvalue weighted by atomic mass is 9.68. The molecule has 0 nitrogen and oxygen atoms in total. The van der Waals surface area contributed by atoms with Gasteiger partial charge in [-0.15, -0.1) is 0 Å². The standard InChI is InChI=1S/C32H50/c1-15-17(3)23(9)31-27(19(5)25(11)29(31)21(15)7)13-14-28-20(6)26(12)30-22(8)16(2)18(4)24(10)32(28)30/h19-20,25-32H,13-14H2,1-12H3/t19?,20?,25-,26+,27?,28?,29-,30?,31?,32?/m0/s1. The summed E-state index contributed by atoms with van der Waals surface area (Å²) in [7, 11) is 0. The highest BCUT2D eigenvalue weighted by Crippen LogP contribution is 2.60.